The number of hydrogen-bond acceptors (Lipinski definition) is 10. The summed E-state index contributed by atoms with van der Waals surface area (Å²) in [6.07, 6.45) is 3.44. The summed E-state index contributed by atoms with van der Waals surface area (Å²) in [7, 11) is 0. The van der Waals surface area contributed by atoms with E-state index < -0.39 is 23.6 Å². The maximum Gasteiger partial charge on any atom is 0.272 e. The van der Waals surface area contributed by atoms with Gasteiger partial charge in [0.25, 0.3) is 23.6 Å². The standard InChI is InChI=1S/C23H20N6O4S2/c1-2-3-12-24-29-25-18(34-27-20(30)14-8-4-5-9-15(14)21(27)31)13-19(26-29)35-28-22(32)16-10-6-7-11-17(16)23(28)33/h4-11,13,24-25H,2-3,12H2,1H3. The summed E-state index contributed by atoms with van der Waals surface area (Å²) in [6.45, 7) is 2.67. The minimum atomic E-state index is -0.426. The number of imide groups is 2. The second-order valence-electron chi connectivity index (χ2n) is 7.72. The Balaban J connectivity index is 1.38. The van der Waals surface area contributed by atoms with Crippen LogP contribution in [0.5, 0.6) is 0 Å². The fourth-order valence-corrected chi connectivity index (χ4v) is 5.38. The van der Waals surface area contributed by atoms with E-state index in [0.717, 1.165) is 45.3 Å². The van der Waals surface area contributed by atoms with Gasteiger partial charge in [0.05, 0.1) is 22.3 Å². The highest BCUT2D eigenvalue weighted by Gasteiger charge is 2.39. The monoisotopic (exact) mass is 508 g/mol. The van der Waals surface area contributed by atoms with Crippen LogP contribution in [0.1, 0.15) is 61.2 Å². The number of hydrazone groups is 1. The van der Waals surface area contributed by atoms with Crippen LogP contribution in [0.4, 0.5) is 0 Å². The number of carbonyl (C=O) groups excluding carboxylic acids is 4. The van der Waals surface area contributed by atoms with Crippen LogP contribution in [-0.2, 0) is 0 Å². The number of amides is 4. The number of fused-ring (bicyclic) bond motifs is 2. The maximum atomic E-state index is 12.8. The molecule has 12 heteroatoms. The Morgan fingerprint density at radius 2 is 1.29 bits per heavy atom. The molecule has 3 aliphatic heterocycles. The van der Waals surface area contributed by atoms with Gasteiger partial charge in [-0.1, -0.05) is 37.6 Å². The average molecular weight is 509 g/mol. The molecule has 0 unspecified atom stereocenters. The smallest absolute Gasteiger partial charge is 0.268 e. The van der Waals surface area contributed by atoms with E-state index in [1.54, 1.807) is 54.6 Å². The number of carbonyl (C=O) groups is 4. The molecule has 0 fully saturated rings. The summed E-state index contributed by atoms with van der Waals surface area (Å²) in [6, 6.07) is 13.3. The van der Waals surface area contributed by atoms with E-state index in [2.05, 4.69) is 22.9 Å². The molecule has 0 bridgehead atoms. The lowest BCUT2D eigenvalue weighted by atomic mass is 10.1. The molecule has 4 amide bonds. The number of benzene rings is 2. The lowest BCUT2D eigenvalue weighted by Crippen LogP contribution is -2.46. The fraction of sp³-hybridized carbons (Fsp3) is 0.174. The summed E-state index contributed by atoms with van der Waals surface area (Å²) in [4.78, 5) is 51.2. The van der Waals surface area contributed by atoms with E-state index in [4.69, 9.17) is 0 Å². The van der Waals surface area contributed by atoms with E-state index in [9.17, 15) is 19.2 Å². The van der Waals surface area contributed by atoms with Gasteiger partial charge in [-0.15, -0.1) is 10.3 Å². The molecule has 0 spiro atoms. The van der Waals surface area contributed by atoms with Gasteiger partial charge in [-0.3, -0.25) is 24.6 Å². The zero-order valence-corrected chi connectivity index (χ0v) is 20.2. The third-order valence-electron chi connectivity index (χ3n) is 5.35. The van der Waals surface area contributed by atoms with Crippen molar-refractivity contribution in [2.45, 2.75) is 19.8 Å². The van der Waals surface area contributed by atoms with Crippen LogP contribution in [0.2, 0.25) is 0 Å². The maximum absolute atomic E-state index is 12.8. The van der Waals surface area contributed by atoms with E-state index in [1.807, 2.05) is 0 Å². The third kappa shape index (κ3) is 4.31. The van der Waals surface area contributed by atoms with Gasteiger partial charge in [0.15, 0.2) is 0 Å². The Morgan fingerprint density at radius 3 is 1.77 bits per heavy atom. The quantitative estimate of drug-likeness (QED) is 0.331. The first-order chi connectivity index (χ1) is 17.0. The van der Waals surface area contributed by atoms with Crippen LogP contribution < -0.4 is 10.9 Å². The first kappa shape index (κ1) is 23.1. The van der Waals surface area contributed by atoms with E-state index in [0.29, 0.717) is 38.9 Å². The van der Waals surface area contributed by atoms with E-state index in [-0.39, 0.29) is 0 Å². The molecule has 178 valence electrons. The molecule has 10 nitrogen and oxygen atoms in total. The van der Waals surface area contributed by atoms with Crippen molar-refractivity contribution in [3.8, 4) is 0 Å². The summed E-state index contributed by atoms with van der Waals surface area (Å²) >= 11 is 1.79. The van der Waals surface area contributed by atoms with Crippen LogP contribution in [0.15, 0.2) is 64.7 Å². The van der Waals surface area contributed by atoms with Gasteiger partial charge in [0.1, 0.15) is 10.1 Å². The minimum absolute atomic E-state index is 0.321. The number of hydrazine groups is 2. The van der Waals surface area contributed by atoms with E-state index in [1.165, 1.54) is 5.23 Å². The molecule has 3 heterocycles. The molecule has 0 aromatic heterocycles. The number of rotatable bonds is 7. The number of nitrogens with one attached hydrogen (secondary N) is 2. The van der Waals surface area contributed by atoms with Crippen molar-refractivity contribution < 1.29 is 19.2 Å². The molecule has 2 aromatic carbocycles. The van der Waals surface area contributed by atoms with Crippen molar-refractivity contribution in [2.24, 2.45) is 5.10 Å². The Kier molecular flexibility index (Phi) is 6.32. The summed E-state index contributed by atoms with van der Waals surface area (Å²) in [5, 5.41) is 6.51. The summed E-state index contributed by atoms with van der Waals surface area (Å²) in [5.74, 6) is -1.68. The molecule has 2 aromatic rings. The molecular formula is C23H20N6O4S2. The number of unbranched alkanes of at least 4 members (excludes halogenated alkanes) is 1. The van der Waals surface area contributed by atoms with Crippen molar-refractivity contribution in [3.63, 3.8) is 0 Å². The Hall–Kier alpha value is -3.61. The van der Waals surface area contributed by atoms with Crippen molar-refractivity contribution in [1.29, 1.82) is 0 Å². The first-order valence-electron chi connectivity index (χ1n) is 10.9. The van der Waals surface area contributed by atoms with Gasteiger partial charge in [0, 0.05) is 36.5 Å². The van der Waals surface area contributed by atoms with Crippen LogP contribution in [-0.4, -0.2) is 49.1 Å². The molecule has 5 rings (SSSR count). The second kappa shape index (κ2) is 9.56. The number of nitrogens with zero attached hydrogens (tertiary/aromatic N) is 4. The largest absolute Gasteiger partial charge is 0.272 e. The first-order valence-corrected chi connectivity index (χ1v) is 12.4. The molecule has 0 aliphatic carbocycles. The Morgan fingerprint density at radius 1 is 0.800 bits per heavy atom. The van der Waals surface area contributed by atoms with Crippen LogP contribution in [0, 0.1) is 0 Å². The SMILES string of the molecule is CCCCNN1N=C(SN2C(=O)c3ccccc3C2=O)C=C(SN2C(=O)c3ccccc3C2=O)N1. The van der Waals surface area contributed by atoms with Crippen LogP contribution in [0.25, 0.3) is 0 Å². The topological polar surface area (TPSA) is 114 Å². The van der Waals surface area contributed by atoms with Gasteiger partial charge in [-0.25, -0.2) is 8.61 Å². The average Bonchev–Trinajstić information content (AvgIpc) is 3.25. The zero-order chi connectivity index (χ0) is 24.5. The molecule has 0 saturated carbocycles. The molecule has 0 radical (unpaired) electrons. The van der Waals surface area contributed by atoms with Crippen molar-refractivity contribution in [1.82, 2.24) is 24.7 Å². The molecule has 0 saturated heterocycles. The highest BCUT2D eigenvalue weighted by Crippen LogP contribution is 2.34. The Bertz CT molecular complexity index is 1240. The highest BCUT2D eigenvalue weighted by molar-refractivity contribution is 8.13. The van der Waals surface area contributed by atoms with Crippen molar-refractivity contribution >= 4 is 52.6 Å². The molecular weight excluding hydrogens is 488 g/mol. The second-order valence-corrected chi connectivity index (χ2v) is 9.67. The van der Waals surface area contributed by atoms with Crippen molar-refractivity contribution in [2.75, 3.05) is 6.54 Å². The normalized spacial score (nSPS) is 16.9. The minimum Gasteiger partial charge on any atom is -0.268 e. The van der Waals surface area contributed by atoms with Gasteiger partial charge >= 0.3 is 0 Å². The lowest BCUT2D eigenvalue weighted by molar-refractivity contribution is 0.0761. The molecule has 2 N–H and O–H groups in total. The van der Waals surface area contributed by atoms with Gasteiger partial charge in [0.2, 0.25) is 0 Å². The third-order valence-corrected chi connectivity index (χ3v) is 7.17. The van der Waals surface area contributed by atoms with E-state index >= 15 is 0 Å². The van der Waals surface area contributed by atoms with Gasteiger partial charge < -0.3 is 0 Å². The molecule has 3 aliphatic rings. The number of hydrogen-bond donors (Lipinski definition) is 2. The lowest BCUT2D eigenvalue weighted by Gasteiger charge is -2.28. The van der Waals surface area contributed by atoms with Crippen LogP contribution in [0.3, 0.4) is 0 Å². The van der Waals surface area contributed by atoms with Crippen molar-refractivity contribution in [3.05, 3.63) is 81.9 Å². The van der Waals surface area contributed by atoms with Gasteiger partial charge in [-0.2, -0.15) is 5.43 Å². The fourth-order valence-electron chi connectivity index (χ4n) is 3.62. The van der Waals surface area contributed by atoms with Gasteiger partial charge in [-0.05, 0) is 30.7 Å². The predicted octanol–water partition coefficient (Wildman–Crippen LogP) is 3.16. The Labute approximate surface area is 209 Å². The summed E-state index contributed by atoms with van der Waals surface area (Å²) < 4.78 is 2.13. The molecule has 0 atom stereocenters. The zero-order valence-electron chi connectivity index (χ0n) is 18.6. The highest BCUT2D eigenvalue weighted by atomic mass is 32.2. The molecule has 35 heavy (non-hydrogen) atoms. The predicted molar refractivity (Wildman–Crippen MR) is 132 cm³/mol. The summed E-state index contributed by atoms with van der Waals surface area (Å²) in [5.41, 5.74) is 7.47. The van der Waals surface area contributed by atoms with Crippen LogP contribution >= 0.6 is 23.9 Å².